The number of rotatable bonds is 4. The lowest BCUT2D eigenvalue weighted by Gasteiger charge is -2.43. The van der Waals surface area contributed by atoms with E-state index in [1.807, 2.05) is 77.9 Å². The number of para-hydroxylation sites is 1. The molecule has 0 aliphatic carbocycles. The lowest BCUT2D eigenvalue weighted by Crippen LogP contribution is -2.48. The molecule has 2 aromatic rings. The zero-order valence-electron chi connectivity index (χ0n) is 18.2. The number of anilines is 1. The van der Waals surface area contributed by atoms with Crippen LogP contribution in [-0.2, 0) is 10.2 Å². The standard InChI is InChI=1S/C22H25NO4.C2H6/c1-5-25-18-11-15-17(12-19(18)26-6-2)27-21(3,4)13-22(15)14-9-7-8-10-16(14)23-20(22)24;1-2/h7-12H,5-6,13H2,1-4H3,(H,23,24);1-2H3. The van der Waals surface area contributed by atoms with E-state index in [4.69, 9.17) is 14.2 Å². The third kappa shape index (κ3) is 3.43. The molecule has 0 saturated carbocycles. The summed E-state index contributed by atoms with van der Waals surface area (Å²) < 4.78 is 17.9. The number of nitrogens with one attached hydrogen (secondary N) is 1. The second-order valence-electron chi connectivity index (χ2n) is 7.60. The topological polar surface area (TPSA) is 56.8 Å². The van der Waals surface area contributed by atoms with Gasteiger partial charge in [0, 0.05) is 23.7 Å². The molecule has 29 heavy (non-hydrogen) atoms. The van der Waals surface area contributed by atoms with Crippen LogP contribution in [-0.4, -0.2) is 24.7 Å². The smallest absolute Gasteiger partial charge is 0.239 e. The monoisotopic (exact) mass is 397 g/mol. The van der Waals surface area contributed by atoms with E-state index in [-0.39, 0.29) is 5.91 Å². The Hall–Kier alpha value is -2.69. The van der Waals surface area contributed by atoms with Crippen LogP contribution in [0.1, 0.15) is 59.1 Å². The van der Waals surface area contributed by atoms with Gasteiger partial charge in [0.1, 0.15) is 16.8 Å². The number of carbonyl (C=O) groups is 1. The first-order valence-corrected chi connectivity index (χ1v) is 10.5. The molecule has 0 bridgehead atoms. The van der Waals surface area contributed by atoms with E-state index in [0.717, 1.165) is 16.8 Å². The second-order valence-corrected chi connectivity index (χ2v) is 7.60. The Kier molecular flexibility index (Phi) is 5.78. The molecule has 2 aliphatic rings. The molecule has 2 aliphatic heterocycles. The molecule has 0 aromatic heterocycles. The average molecular weight is 398 g/mol. The summed E-state index contributed by atoms with van der Waals surface area (Å²) in [5, 5.41) is 3.06. The summed E-state index contributed by atoms with van der Waals surface area (Å²) in [4.78, 5) is 13.3. The van der Waals surface area contributed by atoms with Crippen molar-refractivity contribution in [1.82, 2.24) is 0 Å². The Balaban J connectivity index is 0.00000117. The Morgan fingerprint density at radius 2 is 1.62 bits per heavy atom. The average Bonchev–Trinajstić information content (AvgIpc) is 2.96. The minimum atomic E-state index is -0.801. The highest BCUT2D eigenvalue weighted by Crippen LogP contribution is 2.55. The molecular formula is C24H31NO4. The summed E-state index contributed by atoms with van der Waals surface area (Å²) in [6.45, 7) is 12.9. The van der Waals surface area contributed by atoms with Crippen LogP contribution in [0.3, 0.4) is 0 Å². The summed E-state index contributed by atoms with van der Waals surface area (Å²) in [5.74, 6) is 1.92. The van der Waals surface area contributed by atoms with Crippen molar-refractivity contribution in [3.05, 3.63) is 47.5 Å². The van der Waals surface area contributed by atoms with Gasteiger partial charge in [0.2, 0.25) is 5.91 Å². The van der Waals surface area contributed by atoms with Crippen LogP contribution in [0.2, 0.25) is 0 Å². The summed E-state index contributed by atoms with van der Waals surface area (Å²) in [7, 11) is 0. The molecule has 2 aromatic carbocycles. The predicted octanol–water partition coefficient (Wildman–Crippen LogP) is 5.31. The van der Waals surface area contributed by atoms with Gasteiger partial charge in [-0.2, -0.15) is 0 Å². The van der Waals surface area contributed by atoms with Gasteiger partial charge in [-0.05, 0) is 45.4 Å². The molecule has 1 amide bonds. The molecule has 5 heteroatoms. The Bertz CT molecular complexity index is 906. The summed E-state index contributed by atoms with van der Waals surface area (Å²) in [6.07, 6.45) is 0.551. The number of ether oxygens (including phenoxy) is 3. The van der Waals surface area contributed by atoms with Crippen LogP contribution in [0.4, 0.5) is 5.69 Å². The fourth-order valence-corrected chi connectivity index (χ4v) is 4.32. The van der Waals surface area contributed by atoms with E-state index in [9.17, 15) is 4.79 Å². The molecule has 0 saturated heterocycles. The van der Waals surface area contributed by atoms with Gasteiger partial charge in [-0.1, -0.05) is 32.0 Å². The van der Waals surface area contributed by atoms with E-state index in [1.54, 1.807) is 0 Å². The van der Waals surface area contributed by atoms with E-state index >= 15 is 0 Å². The zero-order valence-corrected chi connectivity index (χ0v) is 18.2. The normalized spacial score (nSPS) is 20.6. The van der Waals surface area contributed by atoms with Crippen molar-refractivity contribution in [2.24, 2.45) is 0 Å². The zero-order chi connectivity index (χ0) is 21.2. The number of hydrogen-bond acceptors (Lipinski definition) is 4. The van der Waals surface area contributed by atoms with Crippen LogP contribution >= 0.6 is 0 Å². The lowest BCUT2D eigenvalue weighted by molar-refractivity contribution is -0.122. The van der Waals surface area contributed by atoms with Gasteiger partial charge >= 0.3 is 0 Å². The van der Waals surface area contributed by atoms with Crippen LogP contribution < -0.4 is 19.5 Å². The number of hydrogen-bond donors (Lipinski definition) is 1. The van der Waals surface area contributed by atoms with Crippen molar-refractivity contribution in [3.8, 4) is 17.2 Å². The Labute approximate surface area is 173 Å². The van der Waals surface area contributed by atoms with Crippen molar-refractivity contribution in [2.45, 2.75) is 59.0 Å². The first-order chi connectivity index (χ1) is 13.9. The first kappa shape index (κ1) is 21.0. The van der Waals surface area contributed by atoms with Crippen LogP contribution in [0.25, 0.3) is 0 Å². The molecule has 2 heterocycles. The Morgan fingerprint density at radius 3 is 2.28 bits per heavy atom. The van der Waals surface area contributed by atoms with Gasteiger partial charge in [0.25, 0.3) is 0 Å². The van der Waals surface area contributed by atoms with Gasteiger partial charge < -0.3 is 19.5 Å². The van der Waals surface area contributed by atoms with Gasteiger partial charge in [0.05, 0.1) is 13.2 Å². The largest absolute Gasteiger partial charge is 0.490 e. The summed E-state index contributed by atoms with van der Waals surface area (Å²) in [6, 6.07) is 11.7. The van der Waals surface area contributed by atoms with E-state index in [0.29, 0.717) is 36.9 Å². The van der Waals surface area contributed by atoms with Crippen molar-refractivity contribution in [1.29, 1.82) is 0 Å². The summed E-state index contributed by atoms with van der Waals surface area (Å²) in [5.41, 5.74) is 1.37. The minimum absolute atomic E-state index is 0.0204. The molecule has 4 rings (SSSR count). The van der Waals surface area contributed by atoms with Crippen molar-refractivity contribution >= 4 is 11.6 Å². The third-order valence-electron chi connectivity index (χ3n) is 5.21. The minimum Gasteiger partial charge on any atom is -0.490 e. The fraction of sp³-hybridized carbons (Fsp3) is 0.458. The summed E-state index contributed by atoms with van der Waals surface area (Å²) >= 11 is 0. The molecule has 156 valence electrons. The van der Waals surface area contributed by atoms with E-state index in [2.05, 4.69) is 5.32 Å². The molecular weight excluding hydrogens is 366 g/mol. The maximum Gasteiger partial charge on any atom is 0.239 e. The number of fused-ring (bicyclic) bond motifs is 4. The van der Waals surface area contributed by atoms with Crippen molar-refractivity contribution < 1.29 is 19.0 Å². The van der Waals surface area contributed by atoms with Crippen molar-refractivity contribution in [3.63, 3.8) is 0 Å². The molecule has 1 spiro atoms. The number of benzene rings is 2. The fourth-order valence-electron chi connectivity index (χ4n) is 4.32. The van der Waals surface area contributed by atoms with Gasteiger partial charge in [-0.25, -0.2) is 0 Å². The lowest BCUT2D eigenvalue weighted by atomic mass is 9.67. The molecule has 1 unspecified atom stereocenters. The van der Waals surface area contributed by atoms with Gasteiger partial charge in [-0.3, -0.25) is 4.79 Å². The Morgan fingerprint density at radius 1 is 1.00 bits per heavy atom. The number of amides is 1. The second kappa shape index (κ2) is 7.97. The highest BCUT2D eigenvalue weighted by molar-refractivity contribution is 6.09. The van der Waals surface area contributed by atoms with Crippen LogP contribution in [0.5, 0.6) is 17.2 Å². The van der Waals surface area contributed by atoms with Gasteiger partial charge in [0.15, 0.2) is 11.5 Å². The maximum atomic E-state index is 13.3. The molecule has 5 nitrogen and oxygen atoms in total. The van der Waals surface area contributed by atoms with Gasteiger partial charge in [-0.15, -0.1) is 0 Å². The highest BCUT2D eigenvalue weighted by atomic mass is 16.5. The van der Waals surface area contributed by atoms with Crippen LogP contribution in [0, 0.1) is 0 Å². The van der Waals surface area contributed by atoms with E-state index < -0.39 is 11.0 Å². The molecule has 1 atom stereocenters. The third-order valence-corrected chi connectivity index (χ3v) is 5.21. The quantitative estimate of drug-likeness (QED) is 0.760. The highest BCUT2D eigenvalue weighted by Gasteiger charge is 2.55. The molecule has 0 radical (unpaired) electrons. The van der Waals surface area contributed by atoms with Crippen molar-refractivity contribution in [2.75, 3.05) is 18.5 Å². The molecule has 0 fully saturated rings. The van der Waals surface area contributed by atoms with E-state index in [1.165, 1.54) is 0 Å². The SMILES string of the molecule is CC.CCOc1cc2c(cc1OCC)C1(CC(C)(C)O2)C(=O)Nc2ccccc21. The maximum absolute atomic E-state index is 13.3. The first-order valence-electron chi connectivity index (χ1n) is 10.5. The molecule has 1 N–H and O–H groups in total. The number of carbonyl (C=O) groups excluding carboxylic acids is 1. The predicted molar refractivity (Wildman–Crippen MR) is 115 cm³/mol. The van der Waals surface area contributed by atoms with Crippen LogP contribution in [0.15, 0.2) is 36.4 Å².